The number of carbonyl (C=O) groups excluding carboxylic acids is 2. The molecule has 1 heterocycles. The average Bonchev–Trinajstić information content (AvgIpc) is 2.62. The largest absolute Gasteiger partial charge is 0.493 e. The van der Waals surface area contributed by atoms with Crippen molar-refractivity contribution in [2.75, 3.05) is 33.9 Å². The summed E-state index contributed by atoms with van der Waals surface area (Å²) in [6.07, 6.45) is 1.36. The van der Waals surface area contributed by atoms with E-state index in [2.05, 4.69) is 21.2 Å². The molecule has 1 fully saturated rings. The van der Waals surface area contributed by atoms with Crippen molar-refractivity contribution in [2.24, 2.45) is 5.92 Å². The number of carbonyl (C=O) groups is 2. The monoisotopic (exact) mass is 398 g/mol. The van der Waals surface area contributed by atoms with E-state index in [0.29, 0.717) is 54.1 Å². The van der Waals surface area contributed by atoms with Crippen LogP contribution in [0, 0.1) is 5.92 Å². The molecule has 1 aliphatic rings. The minimum absolute atomic E-state index is 0.0133. The lowest BCUT2D eigenvalue weighted by Crippen LogP contribution is -2.42. The maximum atomic E-state index is 12.7. The Bertz CT molecular complexity index is 613. The highest BCUT2D eigenvalue weighted by Gasteiger charge is 2.28. The Morgan fingerprint density at radius 1 is 1.33 bits per heavy atom. The standard InChI is InChI=1S/C17H23BrN2O4/c1-4-24-15-13(18)9-12(10-14(15)23-3)17(22)20-7-5-11(6-8-20)16(21)19-2/h9-11H,4-8H2,1-3H3,(H,19,21). The number of nitrogens with zero attached hydrogens (tertiary/aromatic N) is 1. The Hall–Kier alpha value is -1.76. The molecule has 0 bridgehead atoms. The minimum Gasteiger partial charge on any atom is -0.493 e. The van der Waals surface area contributed by atoms with Gasteiger partial charge in [-0.1, -0.05) is 0 Å². The molecule has 2 rings (SSSR count). The molecular formula is C17H23BrN2O4. The molecule has 1 aromatic carbocycles. The summed E-state index contributed by atoms with van der Waals surface area (Å²) in [4.78, 5) is 26.2. The number of benzene rings is 1. The normalized spacial score (nSPS) is 15.1. The smallest absolute Gasteiger partial charge is 0.254 e. The van der Waals surface area contributed by atoms with Crippen molar-refractivity contribution < 1.29 is 19.1 Å². The van der Waals surface area contributed by atoms with E-state index in [4.69, 9.17) is 9.47 Å². The van der Waals surface area contributed by atoms with Gasteiger partial charge in [0.05, 0.1) is 18.2 Å². The Kier molecular flexibility index (Phi) is 6.48. The van der Waals surface area contributed by atoms with Crippen molar-refractivity contribution in [3.63, 3.8) is 0 Å². The molecule has 0 aliphatic carbocycles. The first-order valence-electron chi connectivity index (χ1n) is 8.03. The highest BCUT2D eigenvalue weighted by molar-refractivity contribution is 9.10. The number of rotatable bonds is 5. The third-order valence-corrected chi connectivity index (χ3v) is 4.75. The van der Waals surface area contributed by atoms with Crippen LogP contribution < -0.4 is 14.8 Å². The third kappa shape index (κ3) is 4.01. The average molecular weight is 399 g/mol. The van der Waals surface area contributed by atoms with E-state index in [1.807, 2.05) is 6.92 Å². The first kappa shape index (κ1) is 18.6. The fourth-order valence-corrected chi connectivity index (χ4v) is 3.42. The number of ether oxygens (including phenoxy) is 2. The minimum atomic E-state index is -0.0626. The number of hydrogen-bond acceptors (Lipinski definition) is 4. The second kappa shape index (κ2) is 8.37. The summed E-state index contributed by atoms with van der Waals surface area (Å²) in [5.41, 5.74) is 0.542. The molecule has 0 aromatic heterocycles. The van der Waals surface area contributed by atoms with Crippen molar-refractivity contribution in [3.05, 3.63) is 22.2 Å². The topological polar surface area (TPSA) is 67.9 Å². The van der Waals surface area contributed by atoms with Crippen LogP contribution in [0.5, 0.6) is 11.5 Å². The number of piperidine rings is 1. The Morgan fingerprint density at radius 2 is 2.00 bits per heavy atom. The van der Waals surface area contributed by atoms with E-state index < -0.39 is 0 Å². The van der Waals surface area contributed by atoms with E-state index in [-0.39, 0.29) is 17.7 Å². The van der Waals surface area contributed by atoms with Gasteiger partial charge in [-0.05, 0) is 47.8 Å². The first-order valence-corrected chi connectivity index (χ1v) is 8.82. The highest BCUT2D eigenvalue weighted by atomic mass is 79.9. The third-order valence-electron chi connectivity index (χ3n) is 4.16. The molecule has 1 saturated heterocycles. The van der Waals surface area contributed by atoms with Gasteiger partial charge in [-0.15, -0.1) is 0 Å². The van der Waals surface area contributed by atoms with Crippen LogP contribution >= 0.6 is 15.9 Å². The van der Waals surface area contributed by atoms with Gasteiger partial charge >= 0.3 is 0 Å². The van der Waals surface area contributed by atoms with Gasteiger partial charge < -0.3 is 19.7 Å². The van der Waals surface area contributed by atoms with Crippen LogP contribution in [-0.2, 0) is 4.79 Å². The van der Waals surface area contributed by atoms with Gasteiger partial charge in [-0.3, -0.25) is 9.59 Å². The van der Waals surface area contributed by atoms with Gasteiger partial charge in [-0.2, -0.15) is 0 Å². The molecule has 1 aliphatic heterocycles. The zero-order chi connectivity index (χ0) is 17.7. The van der Waals surface area contributed by atoms with Crippen LogP contribution in [0.15, 0.2) is 16.6 Å². The van der Waals surface area contributed by atoms with Crippen molar-refractivity contribution in [2.45, 2.75) is 19.8 Å². The number of amides is 2. The van der Waals surface area contributed by atoms with E-state index >= 15 is 0 Å². The molecule has 24 heavy (non-hydrogen) atoms. The molecule has 1 aromatic rings. The molecule has 0 radical (unpaired) electrons. The Balaban J connectivity index is 2.13. The number of nitrogens with one attached hydrogen (secondary N) is 1. The molecular weight excluding hydrogens is 376 g/mol. The first-order chi connectivity index (χ1) is 11.5. The zero-order valence-electron chi connectivity index (χ0n) is 14.2. The van der Waals surface area contributed by atoms with Crippen molar-refractivity contribution in [3.8, 4) is 11.5 Å². The fraction of sp³-hybridized carbons (Fsp3) is 0.529. The Labute approximate surface area is 150 Å². The molecule has 132 valence electrons. The van der Waals surface area contributed by atoms with Crippen molar-refractivity contribution >= 4 is 27.7 Å². The van der Waals surface area contributed by atoms with Crippen LogP contribution in [0.1, 0.15) is 30.1 Å². The van der Waals surface area contributed by atoms with E-state index in [0.717, 1.165) is 0 Å². The summed E-state index contributed by atoms with van der Waals surface area (Å²) < 4.78 is 11.6. The molecule has 0 saturated carbocycles. The number of hydrogen-bond donors (Lipinski definition) is 1. The van der Waals surface area contributed by atoms with E-state index in [9.17, 15) is 9.59 Å². The molecule has 0 unspecified atom stereocenters. The fourth-order valence-electron chi connectivity index (χ4n) is 2.86. The summed E-state index contributed by atoms with van der Waals surface area (Å²) in [7, 11) is 3.19. The number of halogens is 1. The summed E-state index contributed by atoms with van der Waals surface area (Å²) in [5.74, 6) is 1.09. The number of likely N-dealkylation sites (tertiary alicyclic amines) is 1. The highest BCUT2D eigenvalue weighted by Crippen LogP contribution is 2.37. The second-order valence-electron chi connectivity index (χ2n) is 5.60. The summed E-state index contributed by atoms with van der Waals surface area (Å²) in [6, 6.07) is 3.45. The van der Waals surface area contributed by atoms with Gasteiger partial charge in [0, 0.05) is 31.6 Å². The van der Waals surface area contributed by atoms with Crippen LogP contribution in [-0.4, -0.2) is 50.6 Å². The SMILES string of the molecule is CCOc1c(Br)cc(C(=O)N2CCC(C(=O)NC)CC2)cc1OC. The van der Waals surface area contributed by atoms with Crippen molar-refractivity contribution in [1.29, 1.82) is 0 Å². The lowest BCUT2D eigenvalue weighted by atomic mass is 9.95. The molecule has 6 nitrogen and oxygen atoms in total. The van der Waals surface area contributed by atoms with Gasteiger partial charge in [0.25, 0.3) is 5.91 Å². The van der Waals surface area contributed by atoms with Gasteiger partial charge in [0.15, 0.2) is 11.5 Å². The van der Waals surface area contributed by atoms with Gasteiger partial charge in [0.1, 0.15) is 0 Å². The molecule has 7 heteroatoms. The quantitative estimate of drug-likeness (QED) is 0.826. The lowest BCUT2D eigenvalue weighted by Gasteiger charge is -2.31. The Morgan fingerprint density at radius 3 is 2.54 bits per heavy atom. The van der Waals surface area contributed by atoms with Crippen LogP contribution in [0.3, 0.4) is 0 Å². The van der Waals surface area contributed by atoms with Crippen LogP contribution in [0.4, 0.5) is 0 Å². The molecule has 2 amide bonds. The van der Waals surface area contributed by atoms with Crippen LogP contribution in [0.2, 0.25) is 0 Å². The van der Waals surface area contributed by atoms with E-state index in [1.54, 1.807) is 31.2 Å². The predicted molar refractivity (Wildman–Crippen MR) is 94.6 cm³/mol. The lowest BCUT2D eigenvalue weighted by molar-refractivity contribution is -0.125. The van der Waals surface area contributed by atoms with E-state index in [1.165, 1.54) is 0 Å². The van der Waals surface area contributed by atoms with Crippen molar-refractivity contribution in [1.82, 2.24) is 10.2 Å². The maximum absolute atomic E-state index is 12.7. The molecule has 1 N–H and O–H groups in total. The molecule has 0 atom stereocenters. The second-order valence-corrected chi connectivity index (χ2v) is 6.46. The zero-order valence-corrected chi connectivity index (χ0v) is 15.8. The summed E-state index contributed by atoms with van der Waals surface area (Å²) >= 11 is 3.44. The maximum Gasteiger partial charge on any atom is 0.254 e. The summed E-state index contributed by atoms with van der Waals surface area (Å²) in [6.45, 7) is 3.55. The van der Waals surface area contributed by atoms with Crippen LogP contribution in [0.25, 0.3) is 0 Å². The molecule has 0 spiro atoms. The predicted octanol–water partition coefficient (Wildman–Crippen LogP) is 2.45. The van der Waals surface area contributed by atoms with Gasteiger partial charge in [0.2, 0.25) is 5.91 Å². The number of methoxy groups -OCH3 is 1. The van der Waals surface area contributed by atoms with Gasteiger partial charge in [-0.25, -0.2) is 0 Å². The summed E-state index contributed by atoms with van der Waals surface area (Å²) in [5, 5.41) is 2.67.